The van der Waals surface area contributed by atoms with Gasteiger partial charge < -0.3 is 4.74 Å². The molecule has 0 fully saturated rings. The van der Waals surface area contributed by atoms with Gasteiger partial charge in [-0.25, -0.2) is 0 Å². The monoisotopic (exact) mass is 204 g/mol. The van der Waals surface area contributed by atoms with E-state index in [0.717, 1.165) is 6.61 Å². The first-order valence-electron chi connectivity index (χ1n) is 6.15. The topological polar surface area (TPSA) is 9.23 Å². The predicted octanol–water partition coefficient (Wildman–Crippen LogP) is 3.74. The van der Waals surface area contributed by atoms with E-state index >= 15 is 0 Å². The van der Waals surface area contributed by atoms with Crippen LogP contribution in [-0.2, 0) is 12.8 Å². The second-order valence-electron chi connectivity index (χ2n) is 4.31. The van der Waals surface area contributed by atoms with Crippen molar-refractivity contribution in [3.63, 3.8) is 0 Å². The first-order valence-corrected chi connectivity index (χ1v) is 6.15. The Morgan fingerprint density at radius 1 is 1.27 bits per heavy atom. The van der Waals surface area contributed by atoms with Crippen molar-refractivity contribution in [2.24, 2.45) is 0 Å². The van der Waals surface area contributed by atoms with Crippen molar-refractivity contribution in [2.45, 2.75) is 45.4 Å². The lowest BCUT2D eigenvalue weighted by Gasteiger charge is -2.20. The Labute approximate surface area is 92.5 Å². The molecule has 82 valence electrons. The highest BCUT2D eigenvalue weighted by Crippen LogP contribution is 2.29. The van der Waals surface area contributed by atoms with Crippen LogP contribution in [0.4, 0.5) is 0 Å². The Hall–Kier alpha value is -0.980. The molecule has 0 amide bonds. The van der Waals surface area contributed by atoms with E-state index in [2.05, 4.69) is 25.1 Å². The molecule has 1 aliphatic heterocycles. The first-order chi connectivity index (χ1) is 7.42. The molecule has 0 N–H and O–H groups in total. The van der Waals surface area contributed by atoms with Gasteiger partial charge in [-0.05, 0) is 36.8 Å². The molecule has 0 saturated carbocycles. The van der Waals surface area contributed by atoms with Crippen molar-refractivity contribution in [2.75, 3.05) is 6.61 Å². The Morgan fingerprint density at radius 3 is 3.07 bits per heavy atom. The van der Waals surface area contributed by atoms with Crippen LogP contribution in [0.1, 0.15) is 43.7 Å². The van der Waals surface area contributed by atoms with Gasteiger partial charge in [0, 0.05) is 0 Å². The first kappa shape index (κ1) is 10.5. The second kappa shape index (κ2) is 5.20. The van der Waals surface area contributed by atoms with Gasteiger partial charge in [0.1, 0.15) is 5.75 Å². The quantitative estimate of drug-likeness (QED) is 0.679. The van der Waals surface area contributed by atoms with Crippen molar-refractivity contribution in [1.82, 2.24) is 0 Å². The molecule has 0 spiro atoms. The summed E-state index contributed by atoms with van der Waals surface area (Å²) in [6, 6.07) is 6.60. The van der Waals surface area contributed by atoms with Crippen LogP contribution in [0.5, 0.6) is 5.75 Å². The zero-order valence-electron chi connectivity index (χ0n) is 9.59. The Kier molecular flexibility index (Phi) is 3.65. The fourth-order valence-electron chi connectivity index (χ4n) is 2.22. The maximum absolute atomic E-state index is 5.79. The van der Waals surface area contributed by atoms with Crippen molar-refractivity contribution >= 4 is 0 Å². The third-order valence-corrected chi connectivity index (χ3v) is 3.06. The van der Waals surface area contributed by atoms with Crippen molar-refractivity contribution in [3.8, 4) is 5.75 Å². The van der Waals surface area contributed by atoms with E-state index in [4.69, 9.17) is 4.74 Å². The van der Waals surface area contributed by atoms with Crippen LogP contribution in [0.2, 0.25) is 0 Å². The highest BCUT2D eigenvalue weighted by molar-refractivity contribution is 5.42. The SMILES string of the molecule is CCCCCc1cccc2c1OCCC2. The lowest BCUT2D eigenvalue weighted by atomic mass is 9.99. The number of hydrogen-bond acceptors (Lipinski definition) is 1. The number of aryl methyl sites for hydroxylation is 2. The number of rotatable bonds is 4. The Balaban J connectivity index is 2.09. The van der Waals surface area contributed by atoms with E-state index in [-0.39, 0.29) is 0 Å². The summed E-state index contributed by atoms with van der Waals surface area (Å²) in [6.45, 7) is 3.15. The van der Waals surface area contributed by atoms with E-state index < -0.39 is 0 Å². The maximum atomic E-state index is 5.79. The van der Waals surface area contributed by atoms with Gasteiger partial charge in [0.2, 0.25) is 0 Å². The van der Waals surface area contributed by atoms with Crippen LogP contribution in [0.3, 0.4) is 0 Å². The molecule has 1 aromatic carbocycles. The van der Waals surface area contributed by atoms with Crippen LogP contribution >= 0.6 is 0 Å². The van der Waals surface area contributed by atoms with E-state index in [9.17, 15) is 0 Å². The summed E-state index contributed by atoms with van der Waals surface area (Å²) >= 11 is 0. The predicted molar refractivity (Wildman–Crippen MR) is 63.5 cm³/mol. The number of unbranched alkanes of at least 4 members (excludes halogenated alkanes) is 2. The molecule has 0 aliphatic carbocycles. The molecule has 1 heteroatoms. The normalized spacial score (nSPS) is 14.5. The van der Waals surface area contributed by atoms with Gasteiger partial charge in [-0.1, -0.05) is 38.0 Å². The summed E-state index contributed by atoms with van der Waals surface area (Å²) in [6.07, 6.45) is 7.44. The number of ether oxygens (including phenoxy) is 1. The van der Waals surface area contributed by atoms with Gasteiger partial charge in [-0.3, -0.25) is 0 Å². The lowest BCUT2D eigenvalue weighted by molar-refractivity contribution is 0.285. The molecule has 0 aromatic heterocycles. The summed E-state index contributed by atoms with van der Waals surface area (Å²) in [5, 5.41) is 0. The molecule has 0 bridgehead atoms. The van der Waals surface area contributed by atoms with Gasteiger partial charge in [0.15, 0.2) is 0 Å². The number of para-hydroxylation sites is 1. The molecule has 2 rings (SSSR count). The summed E-state index contributed by atoms with van der Waals surface area (Å²) in [7, 11) is 0. The van der Waals surface area contributed by atoms with Crippen LogP contribution in [0.15, 0.2) is 18.2 Å². The average Bonchev–Trinajstić information content (AvgIpc) is 2.30. The highest BCUT2D eigenvalue weighted by Gasteiger charge is 2.13. The van der Waals surface area contributed by atoms with E-state index in [1.807, 2.05) is 0 Å². The Morgan fingerprint density at radius 2 is 2.20 bits per heavy atom. The fourth-order valence-corrected chi connectivity index (χ4v) is 2.22. The third-order valence-electron chi connectivity index (χ3n) is 3.06. The summed E-state index contributed by atoms with van der Waals surface area (Å²) in [4.78, 5) is 0. The van der Waals surface area contributed by atoms with E-state index in [0.29, 0.717) is 0 Å². The van der Waals surface area contributed by atoms with Crippen LogP contribution < -0.4 is 4.74 Å². The van der Waals surface area contributed by atoms with Crippen molar-refractivity contribution < 1.29 is 4.74 Å². The van der Waals surface area contributed by atoms with Crippen molar-refractivity contribution in [1.29, 1.82) is 0 Å². The summed E-state index contributed by atoms with van der Waals surface area (Å²) in [5.41, 5.74) is 2.83. The molecule has 1 nitrogen and oxygen atoms in total. The molecular formula is C14H20O. The number of benzene rings is 1. The van der Waals surface area contributed by atoms with E-state index in [1.54, 1.807) is 0 Å². The van der Waals surface area contributed by atoms with Gasteiger partial charge in [0.25, 0.3) is 0 Å². The molecule has 15 heavy (non-hydrogen) atoms. The van der Waals surface area contributed by atoms with Crippen LogP contribution in [0, 0.1) is 0 Å². The Bertz CT molecular complexity index is 317. The highest BCUT2D eigenvalue weighted by atomic mass is 16.5. The molecule has 1 heterocycles. The smallest absolute Gasteiger partial charge is 0.125 e. The molecule has 0 saturated heterocycles. The minimum Gasteiger partial charge on any atom is -0.493 e. The second-order valence-corrected chi connectivity index (χ2v) is 4.31. The van der Waals surface area contributed by atoms with E-state index in [1.165, 1.54) is 55.4 Å². The molecule has 0 atom stereocenters. The standard InChI is InChI=1S/C14H20O/c1-2-3-4-7-12-8-5-9-13-10-6-11-15-14(12)13/h5,8-9H,2-4,6-7,10-11H2,1H3. The largest absolute Gasteiger partial charge is 0.493 e. The lowest BCUT2D eigenvalue weighted by Crippen LogP contribution is -2.10. The molecule has 1 aromatic rings. The zero-order valence-corrected chi connectivity index (χ0v) is 9.59. The van der Waals surface area contributed by atoms with Gasteiger partial charge >= 0.3 is 0 Å². The van der Waals surface area contributed by atoms with Crippen molar-refractivity contribution in [3.05, 3.63) is 29.3 Å². The maximum Gasteiger partial charge on any atom is 0.125 e. The molecule has 0 unspecified atom stereocenters. The minimum atomic E-state index is 0.901. The van der Waals surface area contributed by atoms with Crippen LogP contribution in [0.25, 0.3) is 0 Å². The van der Waals surface area contributed by atoms with Gasteiger partial charge in [0.05, 0.1) is 6.61 Å². The number of hydrogen-bond donors (Lipinski definition) is 0. The molecule has 0 radical (unpaired) electrons. The average molecular weight is 204 g/mol. The van der Waals surface area contributed by atoms with Gasteiger partial charge in [-0.15, -0.1) is 0 Å². The van der Waals surface area contributed by atoms with Crippen LogP contribution in [-0.4, -0.2) is 6.61 Å². The molecular weight excluding hydrogens is 184 g/mol. The summed E-state index contributed by atoms with van der Waals surface area (Å²) in [5.74, 6) is 1.19. The molecule has 1 aliphatic rings. The van der Waals surface area contributed by atoms with Gasteiger partial charge in [-0.2, -0.15) is 0 Å². The zero-order chi connectivity index (χ0) is 10.5. The summed E-state index contributed by atoms with van der Waals surface area (Å²) < 4.78 is 5.79. The minimum absolute atomic E-state index is 0.901. The fraction of sp³-hybridized carbons (Fsp3) is 0.571. The number of fused-ring (bicyclic) bond motifs is 1. The third kappa shape index (κ3) is 2.53.